The van der Waals surface area contributed by atoms with Gasteiger partial charge in [0.25, 0.3) is 0 Å². The average Bonchev–Trinajstić information content (AvgIpc) is 3.03. The highest BCUT2D eigenvalue weighted by molar-refractivity contribution is 9.10. The zero-order valence-electron chi connectivity index (χ0n) is 15.2. The highest BCUT2D eigenvalue weighted by Gasteiger charge is 2.10. The molecule has 0 saturated heterocycles. The molecule has 0 amide bonds. The van der Waals surface area contributed by atoms with Gasteiger partial charge in [0.05, 0.1) is 17.4 Å². The standard InChI is InChI=1S/C21H16Br2N4O/c1-12-9-19(17-10-16(23)7-8-18(17)25-12)27-24-11-20-13(2)28-21(26-20)14-3-5-15(22)6-4-14/h3-11H,1-2H3,(H,25,27)/b24-11+. The van der Waals surface area contributed by atoms with Crippen LogP contribution in [0.1, 0.15) is 17.1 Å². The molecular formula is C21H16Br2N4O. The number of hydrazone groups is 1. The predicted octanol–water partition coefficient (Wildman–Crippen LogP) is 6.48. The first-order valence-electron chi connectivity index (χ1n) is 8.59. The third kappa shape index (κ3) is 4.00. The van der Waals surface area contributed by atoms with Crippen molar-refractivity contribution < 1.29 is 4.42 Å². The average molecular weight is 500 g/mol. The van der Waals surface area contributed by atoms with Crippen molar-refractivity contribution in [3.05, 3.63) is 74.6 Å². The van der Waals surface area contributed by atoms with Crippen LogP contribution in [-0.4, -0.2) is 16.2 Å². The molecule has 0 unspecified atom stereocenters. The van der Waals surface area contributed by atoms with Crippen molar-refractivity contribution in [2.75, 3.05) is 5.43 Å². The molecular weight excluding hydrogens is 484 g/mol. The van der Waals surface area contributed by atoms with Crippen LogP contribution in [0.25, 0.3) is 22.4 Å². The minimum Gasteiger partial charge on any atom is -0.441 e. The summed E-state index contributed by atoms with van der Waals surface area (Å²) >= 11 is 6.94. The SMILES string of the molecule is Cc1cc(N/N=C/c2nc(-c3ccc(Br)cc3)oc2C)c2cc(Br)ccc2n1. The zero-order chi connectivity index (χ0) is 19.7. The van der Waals surface area contributed by atoms with Gasteiger partial charge in [0.15, 0.2) is 0 Å². The van der Waals surface area contributed by atoms with Crippen LogP contribution >= 0.6 is 31.9 Å². The van der Waals surface area contributed by atoms with Crippen molar-refractivity contribution in [2.24, 2.45) is 5.10 Å². The maximum atomic E-state index is 5.79. The van der Waals surface area contributed by atoms with Crippen LogP contribution in [0.5, 0.6) is 0 Å². The van der Waals surface area contributed by atoms with E-state index in [9.17, 15) is 0 Å². The number of rotatable bonds is 4. The van der Waals surface area contributed by atoms with Crippen LogP contribution in [-0.2, 0) is 0 Å². The highest BCUT2D eigenvalue weighted by atomic mass is 79.9. The first kappa shape index (κ1) is 18.8. The molecule has 2 aromatic heterocycles. The minimum absolute atomic E-state index is 0.570. The molecule has 0 fully saturated rings. The van der Waals surface area contributed by atoms with E-state index in [0.29, 0.717) is 17.3 Å². The van der Waals surface area contributed by atoms with E-state index in [1.807, 2.05) is 62.4 Å². The van der Waals surface area contributed by atoms with Gasteiger partial charge in [0.2, 0.25) is 5.89 Å². The zero-order valence-corrected chi connectivity index (χ0v) is 18.4. The van der Waals surface area contributed by atoms with Crippen molar-refractivity contribution in [1.82, 2.24) is 9.97 Å². The van der Waals surface area contributed by atoms with E-state index in [2.05, 4.69) is 52.4 Å². The summed E-state index contributed by atoms with van der Waals surface area (Å²) in [6, 6.07) is 15.8. The molecule has 0 aliphatic heterocycles. The van der Waals surface area contributed by atoms with E-state index < -0.39 is 0 Å². The van der Waals surface area contributed by atoms with Gasteiger partial charge in [-0.1, -0.05) is 31.9 Å². The molecule has 4 rings (SSSR count). The van der Waals surface area contributed by atoms with Crippen LogP contribution in [0.2, 0.25) is 0 Å². The molecule has 5 nitrogen and oxygen atoms in total. The van der Waals surface area contributed by atoms with E-state index in [4.69, 9.17) is 4.42 Å². The Morgan fingerprint density at radius 1 is 0.964 bits per heavy atom. The second kappa shape index (κ2) is 7.85. The molecule has 2 heterocycles. The van der Waals surface area contributed by atoms with Crippen molar-refractivity contribution >= 4 is 54.7 Å². The molecule has 0 aliphatic rings. The number of pyridine rings is 1. The Bertz CT molecular complexity index is 1180. The third-order valence-corrected chi connectivity index (χ3v) is 5.22. The Morgan fingerprint density at radius 3 is 2.50 bits per heavy atom. The highest BCUT2D eigenvalue weighted by Crippen LogP contribution is 2.27. The molecule has 7 heteroatoms. The number of nitrogens with one attached hydrogen (secondary N) is 1. The summed E-state index contributed by atoms with van der Waals surface area (Å²) in [6.07, 6.45) is 1.67. The molecule has 0 atom stereocenters. The number of halogens is 2. The molecule has 140 valence electrons. The van der Waals surface area contributed by atoms with Gasteiger partial charge in [-0.2, -0.15) is 5.10 Å². The van der Waals surface area contributed by atoms with Crippen LogP contribution in [0, 0.1) is 13.8 Å². The first-order valence-corrected chi connectivity index (χ1v) is 10.2. The van der Waals surface area contributed by atoms with Gasteiger partial charge in [0, 0.05) is 25.6 Å². The fourth-order valence-electron chi connectivity index (χ4n) is 2.83. The number of oxazole rings is 1. The first-order chi connectivity index (χ1) is 13.5. The Hall–Kier alpha value is -2.51. The molecule has 28 heavy (non-hydrogen) atoms. The lowest BCUT2D eigenvalue weighted by Gasteiger charge is -2.07. The number of nitrogens with zero attached hydrogens (tertiary/aromatic N) is 3. The molecule has 4 aromatic rings. The molecule has 0 saturated carbocycles. The molecule has 0 aliphatic carbocycles. The summed E-state index contributed by atoms with van der Waals surface area (Å²) in [4.78, 5) is 9.10. The van der Waals surface area contributed by atoms with Gasteiger partial charge in [0.1, 0.15) is 11.5 Å². The van der Waals surface area contributed by atoms with Gasteiger partial charge in [-0.25, -0.2) is 4.98 Å². The van der Waals surface area contributed by atoms with Gasteiger partial charge < -0.3 is 4.42 Å². The molecule has 1 N–H and O–H groups in total. The Balaban J connectivity index is 1.60. The van der Waals surface area contributed by atoms with Crippen molar-refractivity contribution in [2.45, 2.75) is 13.8 Å². The summed E-state index contributed by atoms with van der Waals surface area (Å²) in [5.74, 6) is 1.28. The fraction of sp³-hybridized carbons (Fsp3) is 0.0952. The second-order valence-electron chi connectivity index (χ2n) is 6.31. The van der Waals surface area contributed by atoms with Crippen LogP contribution in [0.3, 0.4) is 0 Å². The third-order valence-electron chi connectivity index (χ3n) is 4.19. The molecule has 0 bridgehead atoms. The van der Waals surface area contributed by atoms with Crippen molar-refractivity contribution in [1.29, 1.82) is 0 Å². The molecule has 2 aromatic carbocycles. The van der Waals surface area contributed by atoms with Crippen LogP contribution < -0.4 is 5.43 Å². The molecule has 0 spiro atoms. The van der Waals surface area contributed by atoms with Gasteiger partial charge in [-0.3, -0.25) is 10.4 Å². The smallest absolute Gasteiger partial charge is 0.226 e. The van der Waals surface area contributed by atoms with Crippen LogP contribution in [0.15, 0.2) is 67.0 Å². The predicted molar refractivity (Wildman–Crippen MR) is 120 cm³/mol. The van der Waals surface area contributed by atoms with E-state index in [1.54, 1.807) is 6.21 Å². The summed E-state index contributed by atoms with van der Waals surface area (Å²) in [6.45, 7) is 3.84. The van der Waals surface area contributed by atoms with E-state index in [1.165, 1.54) is 0 Å². The van der Waals surface area contributed by atoms with Gasteiger partial charge >= 0.3 is 0 Å². The minimum atomic E-state index is 0.570. The maximum Gasteiger partial charge on any atom is 0.226 e. The van der Waals surface area contributed by atoms with E-state index in [-0.39, 0.29) is 0 Å². The Labute approximate surface area is 179 Å². The summed E-state index contributed by atoms with van der Waals surface area (Å²) in [7, 11) is 0. The van der Waals surface area contributed by atoms with Crippen molar-refractivity contribution in [3.8, 4) is 11.5 Å². The van der Waals surface area contributed by atoms with E-state index >= 15 is 0 Å². The lowest BCUT2D eigenvalue weighted by Crippen LogP contribution is -1.95. The van der Waals surface area contributed by atoms with E-state index in [0.717, 1.165) is 36.8 Å². The molecule has 0 radical (unpaired) electrons. The maximum absolute atomic E-state index is 5.79. The number of hydrogen-bond acceptors (Lipinski definition) is 5. The number of anilines is 1. The summed E-state index contributed by atoms with van der Waals surface area (Å²) in [5, 5.41) is 5.36. The van der Waals surface area contributed by atoms with Gasteiger partial charge in [-0.15, -0.1) is 0 Å². The Kier molecular flexibility index (Phi) is 5.28. The lowest BCUT2D eigenvalue weighted by atomic mass is 10.1. The number of aryl methyl sites for hydroxylation is 2. The number of benzene rings is 2. The van der Waals surface area contributed by atoms with Gasteiger partial charge in [-0.05, 0) is 62.4 Å². The lowest BCUT2D eigenvalue weighted by molar-refractivity contribution is 0.542. The largest absolute Gasteiger partial charge is 0.441 e. The number of aromatic nitrogens is 2. The van der Waals surface area contributed by atoms with Crippen molar-refractivity contribution in [3.63, 3.8) is 0 Å². The number of hydrogen-bond donors (Lipinski definition) is 1. The summed E-state index contributed by atoms with van der Waals surface area (Å²) < 4.78 is 7.79. The summed E-state index contributed by atoms with van der Waals surface area (Å²) in [5.41, 5.74) is 7.42. The Morgan fingerprint density at radius 2 is 1.71 bits per heavy atom. The quantitative estimate of drug-likeness (QED) is 0.258. The fourth-order valence-corrected chi connectivity index (χ4v) is 3.46. The number of fused-ring (bicyclic) bond motifs is 1. The van der Waals surface area contributed by atoms with Crippen LogP contribution in [0.4, 0.5) is 5.69 Å². The topological polar surface area (TPSA) is 63.3 Å². The normalized spacial score (nSPS) is 11.4. The monoisotopic (exact) mass is 498 g/mol. The second-order valence-corrected chi connectivity index (χ2v) is 8.14.